The molecule has 0 saturated carbocycles. The van der Waals surface area contributed by atoms with Crippen molar-refractivity contribution in [2.75, 3.05) is 0 Å². The summed E-state index contributed by atoms with van der Waals surface area (Å²) in [5.74, 6) is 0.559. The van der Waals surface area contributed by atoms with Crippen molar-refractivity contribution in [3.8, 4) is 11.5 Å². The first-order valence-corrected chi connectivity index (χ1v) is 8.29. The van der Waals surface area contributed by atoms with Gasteiger partial charge in [0.1, 0.15) is 11.5 Å². The van der Waals surface area contributed by atoms with Crippen molar-refractivity contribution in [1.29, 1.82) is 0 Å². The van der Waals surface area contributed by atoms with Gasteiger partial charge in [-0.3, -0.25) is 0 Å². The van der Waals surface area contributed by atoms with E-state index in [1.807, 2.05) is 24.3 Å². The molecule has 0 aliphatic heterocycles. The number of phenols is 2. The fourth-order valence-corrected chi connectivity index (χ4v) is 4.06. The van der Waals surface area contributed by atoms with Crippen LogP contribution in [0, 0.1) is 6.92 Å². The maximum absolute atomic E-state index is 9.69. The van der Waals surface area contributed by atoms with E-state index in [1.165, 1.54) is 27.8 Å². The Kier molecular flexibility index (Phi) is 3.34. The van der Waals surface area contributed by atoms with Crippen LogP contribution in [-0.2, 0) is 11.8 Å². The van der Waals surface area contributed by atoms with Gasteiger partial charge in [0.2, 0.25) is 0 Å². The average molecular weight is 316 g/mol. The van der Waals surface area contributed by atoms with Crippen molar-refractivity contribution >= 4 is 0 Å². The molecule has 2 heteroatoms. The van der Waals surface area contributed by atoms with Gasteiger partial charge in [-0.15, -0.1) is 0 Å². The average Bonchev–Trinajstić information content (AvgIpc) is 2.96. The molecule has 0 spiro atoms. The van der Waals surface area contributed by atoms with Crippen LogP contribution in [0.3, 0.4) is 0 Å². The molecule has 0 aromatic heterocycles. The van der Waals surface area contributed by atoms with Crippen LogP contribution in [-0.4, -0.2) is 10.2 Å². The van der Waals surface area contributed by atoms with Crippen molar-refractivity contribution in [3.05, 3.63) is 94.5 Å². The highest BCUT2D eigenvalue weighted by Crippen LogP contribution is 2.49. The molecule has 1 aliphatic carbocycles. The number of benzene rings is 3. The third kappa shape index (κ3) is 2.18. The van der Waals surface area contributed by atoms with Crippen LogP contribution in [0.2, 0.25) is 0 Å². The van der Waals surface area contributed by atoms with Gasteiger partial charge in [-0.1, -0.05) is 48.0 Å². The number of fused-ring (bicyclic) bond motifs is 1. The van der Waals surface area contributed by atoms with Crippen molar-refractivity contribution in [2.24, 2.45) is 0 Å². The number of hydrogen-bond acceptors (Lipinski definition) is 2. The van der Waals surface area contributed by atoms with Gasteiger partial charge in [0, 0.05) is 5.41 Å². The van der Waals surface area contributed by atoms with Crippen molar-refractivity contribution in [3.63, 3.8) is 0 Å². The van der Waals surface area contributed by atoms with E-state index in [2.05, 4.69) is 25.1 Å². The van der Waals surface area contributed by atoms with E-state index < -0.39 is 0 Å². The Bertz CT molecular complexity index is 831. The van der Waals surface area contributed by atoms with E-state index in [9.17, 15) is 10.2 Å². The molecule has 2 N–H and O–H groups in total. The molecular weight excluding hydrogens is 296 g/mol. The van der Waals surface area contributed by atoms with Crippen LogP contribution >= 0.6 is 0 Å². The lowest BCUT2D eigenvalue weighted by Crippen LogP contribution is -2.26. The van der Waals surface area contributed by atoms with Crippen LogP contribution < -0.4 is 0 Å². The van der Waals surface area contributed by atoms with Crippen molar-refractivity contribution < 1.29 is 10.2 Å². The fraction of sp³-hybridized carbons (Fsp3) is 0.182. The van der Waals surface area contributed by atoms with Crippen LogP contribution in [0.1, 0.15) is 34.2 Å². The van der Waals surface area contributed by atoms with E-state index in [1.54, 1.807) is 24.3 Å². The van der Waals surface area contributed by atoms with Crippen LogP contribution in [0.15, 0.2) is 66.7 Å². The molecule has 1 aliphatic rings. The second kappa shape index (κ2) is 5.41. The van der Waals surface area contributed by atoms with E-state index in [-0.39, 0.29) is 16.9 Å². The lowest BCUT2D eigenvalue weighted by Gasteiger charge is -2.32. The van der Waals surface area contributed by atoms with Crippen molar-refractivity contribution in [2.45, 2.75) is 25.2 Å². The second-order valence-electron chi connectivity index (χ2n) is 6.66. The summed E-state index contributed by atoms with van der Waals surface area (Å²) in [6.45, 7) is 2.13. The molecule has 0 heterocycles. The summed E-state index contributed by atoms with van der Waals surface area (Å²) in [5, 5.41) is 19.4. The lowest BCUT2D eigenvalue weighted by molar-refractivity contribution is 0.474. The third-order valence-corrected chi connectivity index (χ3v) is 5.21. The first-order chi connectivity index (χ1) is 11.6. The highest BCUT2D eigenvalue weighted by atomic mass is 16.3. The molecule has 0 atom stereocenters. The summed E-state index contributed by atoms with van der Waals surface area (Å²) >= 11 is 0. The molecule has 0 saturated heterocycles. The van der Waals surface area contributed by atoms with Gasteiger partial charge in [-0.05, 0) is 66.3 Å². The van der Waals surface area contributed by atoms with Gasteiger partial charge >= 0.3 is 0 Å². The molecule has 4 rings (SSSR count). The Morgan fingerprint density at radius 3 is 1.83 bits per heavy atom. The SMILES string of the molecule is Cc1ccc2c(c1)CCC2(c1ccc(O)cc1)c1ccc(O)cc1. The molecular formula is C22H20O2. The third-order valence-electron chi connectivity index (χ3n) is 5.21. The van der Waals surface area contributed by atoms with Crippen molar-refractivity contribution in [1.82, 2.24) is 0 Å². The molecule has 0 bridgehead atoms. The summed E-state index contributed by atoms with van der Waals surface area (Å²) in [4.78, 5) is 0. The van der Waals surface area contributed by atoms with E-state index in [0.717, 1.165) is 12.8 Å². The van der Waals surface area contributed by atoms with Gasteiger partial charge in [-0.2, -0.15) is 0 Å². The summed E-state index contributed by atoms with van der Waals surface area (Å²) in [5.41, 5.74) is 6.11. The minimum atomic E-state index is -0.232. The Labute approximate surface area is 142 Å². The molecule has 0 amide bonds. The highest BCUT2D eigenvalue weighted by molar-refractivity contribution is 5.57. The van der Waals surface area contributed by atoms with Crippen LogP contribution in [0.4, 0.5) is 0 Å². The smallest absolute Gasteiger partial charge is 0.115 e. The molecule has 3 aromatic rings. The lowest BCUT2D eigenvalue weighted by atomic mass is 9.70. The maximum atomic E-state index is 9.69. The second-order valence-corrected chi connectivity index (χ2v) is 6.66. The first kappa shape index (κ1) is 14.8. The number of phenolic OH excluding ortho intramolecular Hbond substituents is 2. The predicted octanol–water partition coefficient (Wildman–Crippen LogP) is 4.69. The minimum absolute atomic E-state index is 0.232. The molecule has 0 fully saturated rings. The summed E-state index contributed by atoms with van der Waals surface area (Å²) in [7, 11) is 0. The maximum Gasteiger partial charge on any atom is 0.115 e. The number of aromatic hydroxyl groups is 2. The molecule has 0 unspecified atom stereocenters. The molecule has 0 radical (unpaired) electrons. The topological polar surface area (TPSA) is 40.5 Å². The zero-order chi connectivity index (χ0) is 16.7. The van der Waals surface area contributed by atoms with Crippen LogP contribution in [0.25, 0.3) is 0 Å². The standard InChI is InChI=1S/C22H20O2/c1-15-2-11-21-16(14-15)12-13-22(21,17-3-7-19(23)8-4-17)18-5-9-20(24)10-6-18/h2-11,14,23-24H,12-13H2,1H3. The fourth-order valence-electron chi connectivity index (χ4n) is 4.06. The Morgan fingerprint density at radius 2 is 1.29 bits per heavy atom. The van der Waals surface area contributed by atoms with E-state index in [0.29, 0.717) is 0 Å². The zero-order valence-corrected chi connectivity index (χ0v) is 13.7. The first-order valence-electron chi connectivity index (χ1n) is 8.29. The summed E-state index contributed by atoms with van der Waals surface area (Å²) < 4.78 is 0. The van der Waals surface area contributed by atoms with Gasteiger partial charge in [0.05, 0.1) is 0 Å². The predicted molar refractivity (Wildman–Crippen MR) is 95.6 cm³/mol. The zero-order valence-electron chi connectivity index (χ0n) is 13.7. The van der Waals surface area contributed by atoms with Gasteiger partial charge < -0.3 is 10.2 Å². The molecule has 120 valence electrons. The van der Waals surface area contributed by atoms with Crippen LogP contribution in [0.5, 0.6) is 11.5 Å². The highest BCUT2D eigenvalue weighted by Gasteiger charge is 2.41. The Balaban J connectivity index is 1.98. The largest absolute Gasteiger partial charge is 0.508 e. The molecule has 3 aromatic carbocycles. The normalized spacial score (nSPS) is 15.2. The summed E-state index contributed by atoms with van der Waals surface area (Å²) in [6, 6.07) is 21.7. The Morgan fingerprint density at radius 1 is 0.750 bits per heavy atom. The quantitative estimate of drug-likeness (QED) is 0.720. The van der Waals surface area contributed by atoms with Gasteiger partial charge in [-0.25, -0.2) is 0 Å². The number of aryl methyl sites for hydroxylation is 2. The van der Waals surface area contributed by atoms with E-state index in [4.69, 9.17) is 0 Å². The number of rotatable bonds is 2. The van der Waals surface area contributed by atoms with E-state index >= 15 is 0 Å². The minimum Gasteiger partial charge on any atom is -0.508 e. The van der Waals surface area contributed by atoms with Gasteiger partial charge in [0.15, 0.2) is 0 Å². The molecule has 24 heavy (non-hydrogen) atoms. The monoisotopic (exact) mass is 316 g/mol. The molecule has 2 nitrogen and oxygen atoms in total. The number of hydrogen-bond donors (Lipinski definition) is 2. The Hall–Kier alpha value is -2.74. The van der Waals surface area contributed by atoms with Gasteiger partial charge in [0.25, 0.3) is 0 Å². The summed E-state index contributed by atoms with van der Waals surface area (Å²) in [6.07, 6.45) is 2.01.